The van der Waals surface area contributed by atoms with E-state index in [0.29, 0.717) is 0 Å². The number of thiazole rings is 1. The van der Waals surface area contributed by atoms with E-state index >= 15 is 0 Å². The van der Waals surface area contributed by atoms with Crippen LogP contribution < -0.4 is 5.32 Å². The van der Waals surface area contributed by atoms with E-state index in [9.17, 15) is 26.4 Å². The van der Waals surface area contributed by atoms with Crippen molar-refractivity contribution in [3.63, 3.8) is 0 Å². The molecule has 0 unspecified atom stereocenters. The van der Waals surface area contributed by atoms with Gasteiger partial charge in [-0.15, -0.1) is 11.3 Å². The number of hydrogen-bond donors (Lipinski definition) is 1. The van der Waals surface area contributed by atoms with Gasteiger partial charge in [-0.25, -0.2) is 26.6 Å². The smallest absolute Gasteiger partial charge is 0.260 e. The van der Waals surface area contributed by atoms with Crippen LogP contribution in [0, 0.1) is 17.5 Å². The Labute approximate surface area is 181 Å². The van der Waals surface area contributed by atoms with Crippen molar-refractivity contribution >= 4 is 32.4 Å². The highest BCUT2D eigenvalue weighted by atomic mass is 32.2. The number of anilines is 1. The molecule has 1 N–H and O–H groups in total. The molecule has 1 heterocycles. The monoisotopic (exact) mass is 469 g/mol. The SMILES string of the molecule is CCN(CC)S(=O)(=O)c1ccc(F)c(C(=O)Nc2nc(-c3cc(F)ccc3F)cs2)c1. The highest BCUT2D eigenvalue weighted by Gasteiger charge is 2.24. The van der Waals surface area contributed by atoms with Crippen LogP contribution in [0.3, 0.4) is 0 Å². The summed E-state index contributed by atoms with van der Waals surface area (Å²) in [6, 6.07) is 5.85. The van der Waals surface area contributed by atoms with Gasteiger partial charge in [0.05, 0.1) is 16.2 Å². The van der Waals surface area contributed by atoms with Crippen molar-refractivity contribution in [1.82, 2.24) is 9.29 Å². The minimum atomic E-state index is -3.89. The zero-order chi connectivity index (χ0) is 22.8. The maximum atomic E-state index is 14.3. The van der Waals surface area contributed by atoms with Crippen LogP contribution in [-0.4, -0.2) is 36.7 Å². The average molecular weight is 470 g/mol. The Bertz CT molecular complexity index is 1230. The van der Waals surface area contributed by atoms with Crippen molar-refractivity contribution in [2.45, 2.75) is 18.7 Å². The molecule has 0 fully saturated rings. The summed E-state index contributed by atoms with van der Waals surface area (Å²) < 4.78 is 68.1. The summed E-state index contributed by atoms with van der Waals surface area (Å²) in [5.74, 6) is -3.17. The van der Waals surface area contributed by atoms with E-state index in [1.807, 2.05) is 0 Å². The second-order valence-electron chi connectivity index (χ2n) is 6.35. The number of sulfonamides is 1. The Morgan fingerprint density at radius 3 is 2.42 bits per heavy atom. The van der Waals surface area contributed by atoms with E-state index in [1.54, 1.807) is 13.8 Å². The highest BCUT2D eigenvalue weighted by Crippen LogP contribution is 2.28. The lowest BCUT2D eigenvalue weighted by Crippen LogP contribution is -2.31. The quantitative estimate of drug-likeness (QED) is 0.552. The lowest BCUT2D eigenvalue weighted by Gasteiger charge is -2.18. The number of rotatable bonds is 7. The molecule has 0 aliphatic rings. The number of benzene rings is 2. The molecule has 3 aromatic rings. The third-order valence-electron chi connectivity index (χ3n) is 4.45. The molecule has 0 aliphatic carbocycles. The molecule has 2 aromatic carbocycles. The molecule has 164 valence electrons. The lowest BCUT2D eigenvalue weighted by atomic mass is 10.1. The molecule has 6 nitrogen and oxygen atoms in total. The van der Waals surface area contributed by atoms with Gasteiger partial charge in [0.25, 0.3) is 5.91 Å². The first-order chi connectivity index (χ1) is 14.7. The topological polar surface area (TPSA) is 79.4 Å². The molecule has 31 heavy (non-hydrogen) atoms. The fraction of sp³-hybridized carbons (Fsp3) is 0.200. The van der Waals surface area contributed by atoms with Crippen LogP contribution in [0.25, 0.3) is 11.3 Å². The number of nitrogens with one attached hydrogen (secondary N) is 1. The first kappa shape index (κ1) is 22.9. The molecule has 0 saturated carbocycles. The van der Waals surface area contributed by atoms with Gasteiger partial charge in [-0.3, -0.25) is 10.1 Å². The van der Waals surface area contributed by atoms with Crippen molar-refractivity contribution in [3.05, 3.63) is 64.8 Å². The van der Waals surface area contributed by atoms with Crippen molar-refractivity contribution in [2.24, 2.45) is 0 Å². The van der Waals surface area contributed by atoms with E-state index in [2.05, 4.69) is 10.3 Å². The second-order valence-corrected chi connectivity index (χ2v) is 9.14. The molecular weight excluding hydrogens is 451 g/mol. The third-order valence-corrected chi connectivity index (χ3v) is 7.26. The van der Waals surface area contributed by atoms with Crippen LogP contribution in [-0.2, 0) is 10.0 Å². The number of carbonyl (C=O) groups excluding carboxylic acids is 1. The fourth-order valence-corrected chi connectivity index (χ4v) is 5.05. The Balaban J connectivity index is 1.88. The predicted octanol–water partition coefficient (Wildman–Crippen LogP) is 4.51. The zero-order valence-corrected chi connectivity index (χ0v) is 18.2. The van der Waals surface area contributed by atoms with E-state index in [4.69, 9.17) is 0 Å². The minimum absolute atomic E-state index is 0.0139. The molecule has 11 heteroatoms. The first-order valence-electron chi connectivity index (χ1n) is 9.19. The molecule has 0 radical (unpaired) electrons. The number of amides is 1. The molecule has 0 aliphatic heterocycles. The predicted molar refractivity (Wildman–Crippen MR) is 112 cm³/mol. The fourth-order valence-electron chi connectivity index (χ4n) is 2.86. The van der Waals surface area contributed by atoms with Crippen LogP contribution in [0.1, 0.15) is 24.2 Å². The molecular formula is C20H18F3N3O3S2. The zero-order valence-electron chi connectivity index (χ0n) is 16.5. The van der Waals surface area contributed by atoms with E-state index in [1.165, 1.54) is 9.69 Å². The van der Waals surface area contributed by atoms with E-state index in [0.717, 1.165) is 47.7 Å². The molecule has 0 bridgehead atoms. The number of halogens is 3. The average Bonchev–Trinajstić information content (AvgIpc) is 3.18. The summed E-state index contributed by atoms with van der Waals surface area (Å²) in [5.41, 5.74) is -0.479. The molecule has 0 atom stereocenters. The van der Waals surface area contributed by atoms with Gasteiger partial charge in [0, 0.05) is 24.0 Å². The molecule has 0 spiro atoms. The molecule has 0 saturated heterocycles. The van der Waals surface area contributed by atoms with Crippen LogP contribution >= 0.6 is 11.3 Å². The summed E-state index contributed by atoms with van der Waals surface area (Å²) in [5, 5.41) is 3.78. The highest BCUT2D eigenvalue weighted by molar-refractivity contribution is 7.89. The molecule has 3 rings (SSSR count). The Hall–Kier alpha value is -2.76. The summed E-state index contributed by atoms with van der Waals surface area (Å²) in [6.07, 6.45) is 0. The van der Waals surface area contributed by atoms with Gasteiger partial charge in [-0.1, -0.05) is 13.8 Å². The largest absolute Gasteiger partial charge is 0.298 e. The third kappa shape index (κ3) is 4.78. The summed E-state index contributed by atoms with van der Waals surface area (Å²) >= 11 is 0.929. The summed E-state index contributed by atoms with van der Waals surface area (Å²) in [7, 11) is -3.89. The van der Waals surface area contributed by atoms with Crippen molar-refractivity contribution in [3.8, 4) is 11.3 Å². The number of carbonyl (C=O) groups is 1. The van der Waals surface area contributed by atoms with E-state index in [-0.39, 0.29) is 34.4 Å². The normalized spacial score (nSPS) is 11.7. The van der Waals surface area contributed by atoms with Crippen LogP contribution in [0.15, 0.2) is 46.7 Å². The lowest BCUT2D eigenvalue weighted by molar-refractivity contribution is 0.102. The van der Waals surface area contributed by atoms with Gasteiger partial charge in [-0.2, -0.15) is 4.31 Å². The molecule has 1 aromatic heterocycles. The maximum Gasteiger partial charge on any atom is 0.260 e. The Morgan fingerprint density at radius 2 is 1.74 bits per heavy atom. The Morgan fingerprint density at radius 1 is 1.06 bits per heavy atom. The standard InChI is InChI=1S/C20H18F3N3O3S2/c1-3-26(4-2)31(28,29)13-6-8-17(23)15(10-13)19(27)25-20-24-18(11-30-20)14-9-12(21)5-7-16(14)22/h5-11H,3-4H2,1-2H3,(H,24,25,27). The minimum Gasteiger partial charge on any atom is -0.298 e. The number of aromatic nitrogens is 1. The molecule has 1 amide bonds. The van der Waals surface area contributed by atoms with Gasteiger partial charge in [0.2, 0.25) is 10.0 Å². The van der Waals surface area contributed by atoms with Gasteiger partial charge in [0.1, 0.15) is 17.5 Å². The van der Waals surface area contributed by atoms with Gasteiger partial charge < -0.3 is 0 Å². The summed E-state index contributed by atoms with van der Waals surface area (Å²) in [4.78, 5) is 16.4. The van der Waals surface area contributed by atoms with Gasteiger partial charge >= 0.3 is 0 Å². The number of nitrogens with zero attached hydrogens (tertiary/aromatic N) is 2. The maximum absolute atomic E-state index is 14.3. The van der Waals surface area contributed by atoms with Crippen molar-refractivity contribution in [2.75, 3.05) is 18.4 Å². The summed E-state index contributed by atoms with van der Waals surface area (Å²) in [6.45, 7) is 3.77. The van der Waals surface area contributed by atoms with E-state index < -0.39 is 38.9 Å². The van der Waals surface area contributed by atoms with Crippen LogP contribution in [0.5, 0.6) is 0 Å². The van der Waals surface area contributed by atoms with Crippen LogP contribution in [0.2, 0.25) is 0 Å². The number of hydrogen-bond acceptors (Lipinski definition) is 5. The van der Waals surface area contributed by atoms with Crippen molar-refractivity contribution < 1.29 is 26.4 Å². The van der Waals surface area contributed by atoms with Crippen molar-refractivity contribution in [1.29, 1.82) is 0 Å². The first-order valence-corrected chi connectivity index (χ1v) is 11.5. The van der Waals surface area contributed by atoms with Crippen LogP contribution in [0.4, 0.5) is 18.3 Å². The van der Waals surface area contributed by atoms with Gasteiger partial charge in [0.15, 0.2) is 5.13 Å². The van der Waals surface area contributed by atoms with Gasteiger partial charge in [-0.05, 0) is 36.4 Å². The second kappa shape index (κ2) is 9.16. The Kier molecular flexibility index (Phi) is 6.77.